The molecule has 0 spiro atoms. The van der Waals surface area contributed by atoms with Crippen molar-refractivity contribution >= 4 is 5.69 Å². The van der Waals surface area contributed by atoms with E-state index in [4.69, 9.17) is 15.2 Å². The lowest BCUT2D eigenvalue weighted by molar-refractivity contribution is 0.132. The first-order valence-corrected chi connectivity index (χ1v) is 7.31. The summed E-state index contributed by atoms with van der Waals surface area (Å²) in [4.78, 5) is 2.44. The van der Waals surface area contributed by atoms with Crippen LogP contribution in [0.2, 0.25) is 0 Å². The zero-order valence-electron chi connectivity index (χ0n) is 12.8. The van der Waals surface area contributed by atoms with E-state index in [2.05, 4.69) is 17.0 Å². The summed E-state index contributed by atoms with van der Waals surface area (Å²) >= 11 is 0. The highest BCUT2D eigenvalue weighted by atomic mass is 16.5. The third kappa shape index (κ3) is 7.48. The molecule has 20 heavy (non-hydrogen) atoms. The Bertz CT molecular complexity index is 341. The van der Waals surface area contributed by atoms with Crippen LogP contribution in [0.15, 0.2) is 24.3 Å². The highest BCUT2D eigenvalue weighted by Gasteiger charge is 2.04. The molecule has 1 rings (SSSR count). The molecule has 0 bridgehead atoms. The topological polar surface area (TPSA) is 47.7 Å². The van der Waals surface area contributed by atoms with Crippen LogP contribution in [-0.4, -0.2) is 52.0 Å². The number of rotatable bonds is 11. The Morgan fingerprint density at radius 1 is 0.900 bits per heavy atom. The van der Waals surface area contributed by atoms with Crippen molar-refractivity contribution in [3.63, 3.8) is 0 Å². The van der Waals surface area contributed by atoms with E-state index in [1.165, 1.54) is 5.56 Å². The molecule has 0 atom stereocenters. The van der Waals surface area contributed by atoms with E-state index in [0.717, 1.165) is 57.8 Å². The Balaban J connectivity index is 2.27. The molecule has 0 saturated heterocycles. The second-order valence-electron chi connectivity index (χ2n) is 5.03. The fourth-order valence-corrected chi connectivity index (χ4v) is 2.18. The van der Waals surface area contributed by atoms with Gasteiger partial charge in [0.05, 0.1) is 6.61 Å². The predicted molar refractivity (Wildman–Crippen MR) is 84.0 cm³/mol. The smallest absolute Gasteiger partial charge is 0.0589 e. The molecule has 0 aliphatic rings. The summed E-state index contributed by atoms with van der Waals surface area (Å²) in [5.74, 6) is 0. The maximum absolute atomic E-state index is 5.69. The predicted octanol–water partition coefficient (Wildman–Crippen LogP) is 2.19. The second-order valence-corrected chi connectivity index (χ2v) is 5.03. The van der Waals surface area contributed by atoms with Gasteiger partial charge in [0.2, 0.25) is 0 Å². The number of nitrogens with two attached hydrogens (primary N) is 1. The number of benzene rings is 1. The fraction of sp³-hybridized carbons (Fsp3) is 0.625. The number of ether oxygens (including phenoxy) is 2. The molecular formula is C16H28N2O2. The summed E-state index contributed by atoms with van der Waals surface area (Å²) in [6.45, 7) is 4.76. The molecule has 2 N–H and O–H groups in total. The van der Waals surface area contributed by atoms with Crippen LogP contribution in [0.4, 0.5) is 5.69 Å². The van der Waals surface area contributed by atoms with Crippen LogP contribution in [0.1, 0.15) is 18.4 Å². The maximum atomic E-state index is 5.69. The number of nitrogen functional groups attached to an aromatic ring is 1. The zero-order valence-corrected chi connectivity index (χ0v) is 12.8. The molecule has 0 aliphatic carbocycles. The summed E-state index contributed by atoms with van der Waals surface area (Å²) in [6, 6.07) is 8.16. The van der Waals surface area contributed by atoms with Crippen LogP contribution in [0.3, 0.4) is 0 Å². The Hall–Kier alpha value is -1.10. The molecule has 0 fully saturated rings. The highest BCUT2D eigenvalue weighted by molar-refractivity contribution is 5.39. The van der Waals surface area contributed by atoms with Crippen LogP contribution >= 0.6 is 0 Å². The van der Waals surface area contributed by atoms with E-state index in [9.17, 15) is 0 Å². The number of nitrogens with zero attached hydrogens (tertiary/aromatic N) is 1. The molecule has 1 aromatic carbocycles. The van der Waals surface area contributed by atoms with Crippen molar-refractivity contribution in [1.82, 2.24) is 4.90 Å². The van der Waals surface area contributed by atoms with Gasteiger partial charge in [-0.25, -0.2) is 0 Å². The van der Waals surface area contributed by atoms with E-state index in [0.29, 0.717) is 0 Å². The second kappa shape index (κ2) is 10.7. The highest BCUT2D eigenvalue weighted by Crippen LogP contribution is 2.08. The van der Waals surface area contributed by atoms with Crippen molar-refractivity contribution in [2.45, 2.75) is 19.3 Å². The van der Waals surface area contributed by atoms with E-state index >= 15 is 0 Å². The van der Waals surface area contributed by atoms with Crippen LogP contribution in [0.5, 0.6) is 0 Å². The summed E-state index contributed by atoms with van der Waals surface area (Å²) in [5.41, 5.74) is 7.87. The minimum atomic E-state index is 0.787. The minimum absolute atomic E-state index is 0.787. The van der Waals surface area contributed by atoms with Gasteiger partial charge in [-0.2, -0.15) is 0 Å². The van der Waals surface area contributed by atoms with Crippen molar-refractivity contribution < 1.29 is 9.47 Å². The molecule has 114 valence electrons. The number of hydrogen-bond donors (Lipinski definition) is 1. The van der Waals surface area contributed by atoms with Gasteiger partial charge < -0.3 is 20.1 Å². The van der Waals surface area contributed by atoms with Gasteiger partial charge in [-0.3, -0.25) is 0 Å². The first kappa shape index (κ1) is 17.0. The number of hydrogen-bond acceptors (Lipinski definition) is 4. The van der Waals surface area contributed by atoms with Gasteiger partial charge >= 0.3 is 0 Å². The van der Waals surface area contributed by atoms with Gasteiger partial charge in [-0.15, -0.1) is 0 Å². The standard InChI is InChI=1S/C16H28N2O2/c1-19-13-4-11-18(12-14-20-2)10-3-5-15-6-8-16(17)9-7-15/h6-9H,3-5,10-14,17H2,1-2H3. The SMILES string of the molecule is COCCCN(CCCc1ccc(N)cc1)CCOC. The van der Waals surface area contributed by atoms with E-state index in [1.807, 2.05) is 12.1 Å². The normalized spacial score (nSPS) is 11.2. The molecule has 4 heteroatoms. The summed E-state index contributed by atoms with van der Waals surface area (Å²) in [7, 11) is 3.50. The average molecular weight is 280 g/mol. The molecule has 0 radical (unpaired) electrons. The lowest BCUT2D eigenvalue weighted by Gasteiger charge is -2.21. The van der Waals surface area contributed by atoms with Crippen LogP contribution < -0.4 is 5.73 Å². The molecular weight excluding hydrogens is 252 g/mol. The van der Waals surface area contributed by atoms with Gasteiger partial charge in [0.15, 0.2) is 0 Å². The van der Waals surface area contributed by atoms with Gasteiger partial charge in [0.25, 0.3) is 0 Å². The van der Waals surface area contributed by atoms with Gasteiger partial charge in [0, 0.05) is 39.6 Å². The molecule has 0 heterocycles. The average Bonchev–Trinajstić information content (AvgIpc) is 2.46. The Morgan fingerprint density at radius 3 is 2.20 bits per heavy atom. The quantitative estimate of drug-likeness (QED) is 0.498. The molecule has 0 saturated carbocycles. The van der Waals surface area contributed by atoms with Crippen molar-refractivity contribution in [3.8, 4) is 0 Å². The molecule has 1 aromatic rings. The summed E-state index contributed by atoms with van der Waals surface area (Å²) in [5, 5.41) is 0. The van der Waals surface area contributed by atoms with Crippen molar-refractivity contribution in [3.05, 3.63) is 29.8 Å². The summed E-state index contributed by atoms with van der Waals surface area (Å²) < 4.78 is 10.3. The van der Waals surface area contributed by atoms with Gasteiger partial charge in [-0.1, -0.05) is 12.1 Å². The van der Waals surface area contributed by atoms with Crippen molar-refractivity contribution in [1.29, 1.82) is 0 Å². The zero-order chi connectivity index (χ0) is 14.6. The number of anilines is 1. The van der Waals surface area contributed by atoms with Gasteiger partial charge in [-0.05, 0) is 43.5 Å². The Morgan fingerprint density at radius 2 is 1.55 bits per heavy atom. The maximum Gasteiger partial charge on any atom is 0.0589 e. The first-order valence-electron chi connectivity index (χ1n) is 7.31. The third-order valence-electron chi connectivity index (χ3n) is 3.35. The van der Waals surface area contributed by atoms with Crippen molar-refractivity contribution in [2.75, 3.05) is 52.8 Å². The minimum Gasteiger partial charge on any atom is -0.399 e. The Kier molecular flexibility index (Phi) is 9.04. The van der Waals surface area contributed by atoms with Crippen molar-refractivity contribution in [2.24, 2.45) is 0 Å². The lowest BCUT2D eigenvalue weighted by atomic mass is 10.1. The van der Waals surface area contributed by atoms with E-state index in [-0.39, 0.29) is 0 Å². The van der Waals surface area contributed by atoms with E-state index in [1.54, 1.807) is 14.2 Å². The third-order valence-corrected chi connectivity index (χ3v) is 3.35. The lowest BCUT2D eigenvalue weighted by Crippen LogP contribution is -2.30. The van der Waals surface area contributed by atoms with Crippen LogP contribution in [0.25, 0.3) is 0 Å². The summed E-state index contributed by atoms with van der Waals surface area (Å²) in [6.07, 6.45) is 3.32. The fourth-order valence-electron chi connectivity index (χ4n) is 2.18. The molecule has 0 aromatic heterocycles. The first-order chi connectivity index (χ1) is 9.76. The molecule has 0 amide bonds. The van der Waals surface area contributed by atoms with Crippen LogP contribution in [-0.2, 0) is 15.9 Å². The molecule has 0 unspecified atom stereocenters. The molecule has 0 aliphatic heterocycles. The van der Waals surface area contributed by atoms with E-state index < -0.39 is 0 Å². The number of aryl methyl sites for hydroxylation is 1. The molecule has 4 nitrogen and oxygen atoms in total. The Labute approximate surface area is 122 Å². The monoisotopic (exact) mass is 280 g/mol. The number of methoxy groups -OCH3 is 2. The largest absolute Gasteiger partial charge is 0.399 e. The van der Waals surface area contributed by atoms with Crippen LogP contribution in [0, 0.1) is 0 Å². The van der Waals surface area contributed by atoms with Gasteiger partial charge in [0.1, 0.15) is 0 Å².